The third kappa shape index (κ3) is 2.44. The molecule has 1 aliphatic rings. The van der Waals surface area contributed by atoms with Crippen molar-refractivity contribution in [3.63, 3.8) is 0 Å². The number of carbonyl (C=O) groups is 1. The molecule has 0 spiro atoms. The number of halogens is 1. The molecular formula is C7H12INO. The molecule has 1 N–H and O–H groups in total. The number of carbonyl (C=O) groups excluding carboxylic acids is 1. The second-order valence-corrected chi connectivity index (χ2v) is 3.59. The Morgan fingerprint density at radius 2 is 2.40 bits per heavy atom. The Morgan fingerprint density at radius 3 is 2.80 bits per heavy atom. The van der Waals surface area contributed by atoms with Crippen LogP contribution < -0.4 is 5.32 Å². The van der Waals surface area contributed by atoms with Crippen molar-refractivity contribution in [2.75, 3.05) is 4.43 Å². The SMILES string of the molecule is C[C@@H](NC(=O)CI)C1CC1. The number of amides is 1. The Kier molecular flexibility index (Phi) is 2.95. The first kappa shape index (κ1) is 8.30. The third-order valence-electron chi connectivity index (χ3n) is 1.84. The lowest BCUT2D eigenvalue weighted by Gasteiger charge is -2.10. The average molecular weight is 253 g/mol. The highest BCUT2D eigenvalue weighted by atomic mass is 127. The summed E-state index contributed by atoms with van der Waals surface area (Å²) in [5.74, 6) is 0.937. The molecule has 0 bridgehead atoms. The smallest absolute Gasteiger partial charge is 0.230 e. The zero-order valence-electron chi connectivity index (χ0n) is 6.06. The predicted octanol–water partition coefficient (Wildman–Crippen LogP) is 1.34. The van der Waals surface area contributed by atoms with E-state index in [9.17, 15) is 4.79 Å². The van der Waals surface area contributed by atoms with Crippen LogP contribution in [0.3, 0.4) is 0 Å². The van der Waals surface area contributed by atoms with E-state index in [0.717, 1.165) is 5.92 Å². The molecule has 0 radical (unpaired) electrons. The Bertz CT molecular complexity index is 134. The second kappa shape index (κ2) is 3.55. The maximum absolute atomic E-state index is 10.8. The second-order valence-electron chi connectivity index (χ2n) is 2.83. The Labute approximate surface area is 74.9 Å². The van der Waals surface area contributed by atoms with Crippen molar-refractivity contribution in [1.82, 2.24) is 5.32 Å². The van der Waals surface area contributed by atoms with Gasteiger partial charge < -0.3 is 5.32 Å². The first-order chi connectivity index (χ1) is 4.74. The largest absolute Gasteiger partial charge is 0.353 e. The molecule has 1 fully saturated rings. The van der Waals surface area contributed by atoms with Crippen LogP contribution in [0, 0.1) is 5.92 Å². The molecule has 0 unspecified atom stereocenters. The van der Waals surface area contributed by atoms with Crippen LogP contribution in [0.4, 0.5) is 0 Å². The van der Waals surface area contributed by atoms with Gasteiger partial charge in [-0.25, -0.2) is 0 Å². The summed E-state index contributed by atoms with van der Waals surface area (Å²) >= 11 is 2.08. The van der Waals surface area contributed by atoms with Gasteiger partial charge in [0.25, 0.3) is 0 Å². The summed E-state index contributed by atoms with van der Waals surface area (Å²) in [6, 6.07) is 0.405. The lowest BCUT2D eigenvalue weighted by molar-refractivity contribution is -0.119. The van der Waals surface area contributed by atoms with Crippen molar-refractivity contribution in [3.8, 4) is 0 Å². The van der Waals surface area contributed by atoms with Crippen LogP contribution in [0.25, 0.3) is 0 Å². The van der Waals surface area contributed by atoms with Gasteiger partial charge in [-0.1, -0.05) is 22.6 Å². The number of rotatable bonds is 3. The van der Waals surface area contributed by atoms with Gasteiger partial charge in [0.2, 0.25) is 5.91 Å². The maximum atomic E-state index is 10.8. The molecule has 0 heterocycles. The fourth-order valence-corrected chi connectivity index (χ4v) is 1.23. The fraction of sp³-hybridized carbons (Fsp3) is 0.857. The van der Waals surface area contributed by atoms with E-state index in [1.807, 2.05) is 0 Å². The van der Waals surface area contributed by atoms with Crippen LogP contribution in [0.5, 0.6) is 0 Å². The fourth-order valence-electron chi connectivity index (χ4n) is 1.01. The van der Waals surface area contributed by atoms with Gasteiger partial charge in [-0.15, -0.1) is 0 Å². The van der Waals surface area contributed by atoms with Gasteiger partial charge >= 0.3 is 0 Å². The lowest BCUT2D eigenvalue weighted by Crippen LogP contribution is -2.34. The highest BCUT2D eigenvalue weighted by molar-refractivity contribution is 14.1. The molecule has 1 amide bonds. The molecule has 1 rings (SSSR count). The van der Waals surface area contributed by atoms with Crippen LogP contribution in [0.15, 0.2) is 0 Å². The summed E-state index contributed by atoms with van der Waals surface area (Å²) in [5.41, 5.74) is 0. The number of nitrogens with one attached hydrogen (secondary N) is 1. The van der Waals surface area contributed by atoms with E-state index < -0.39 is 0 Å². The van der Waals surface area contributed by atoms with E-state index in [-0.39, 0.29) is 5.91 Å². The van der Waals surface area contributed by atoms with Gasteiger partial charge in [0.05, 0.1) is 4.43 Å². The molecule has 1 aliphatic carbocycles. The normalized spacial score (nSPS) is 20.2. The topological polar surface area (TPSA) is 29.1 Å². The number of hydrogen-bond acceptors (Lipinski definition) is 1. The van der Waals surface area contributed by atoms with E-state index in [0.29, 0.717) is 10.5 Å². The summed E-state index contributed by atoms with van der Waals surface area (Å²) in [5, 5.41) is 2.95. The van der Waals surface area contributed by atoms with Crippen molar-refractivity contribution in [2.24, 2.45) is 5.92 Å². The minimum absolute atomic E-state index is 0.167. The molecule has 0 aromatic carbocycles. The zero-order valence-corrected chi connectivity index (χ0v) is 8.22. The van der Waals surface area contributed by atoms with E-state index in [2.05, 4.69) is 34.8 Å². The van der Waals surface area contributed by atoms with Crippen molar-refractivity contribution in [3.05, 3.63) is 0 Å². The molecule has 58 valence electrons. The summed E-state index contributed by atoms with van der Waals surface area (Å²) in [6.07, 6.45) is 2.59. The molecule has 3 heteroatoms. The van der Waals surface area contributed by atoms with E-state index in [1.54, 1.807) is 0 Å². The molecule has 10 heavy (non-hydrogen) atoms. The van der Waals surface area contributed by atoms with Gasteiger partial charge in [0.1, 0.15) is 0 Å². The Hall–Kier alpha value is 0.200. The van der Waals surface area contributed by atoms with Gasteiger partial charge in [0, 0.05) is 6.04 Å². The van der Waals surface area contributed by atoms with Gasteiger partial charge in [-0.3, -0.25) is 4.79 Å². The van der Waals surface area contributed by atoms with Gasteiger partial charge in [-0.05, 0) is 25.7 Å². The summed E-state index contributed by atoms with van der Waals surface area (Å²) in [4.78, 5) is 10.8. The van der Waals surface area contributed by atoms with Crippen LogP contribution >= 0.6 is 22.6 Å². The highest BCUT2D eigenvalue weighted by Gasteiger charge is 2.28. The monoisotopic (exact) mass is 253 g/mol. The summed E-state index contributed by atoms with van der Waals surface area (Å²) < 4.78 is 0.578. The van der Waals surface area contributed by atoms with Gasteiger partial charge in [0.15, 0.2) is 0 Å². The van der Waals surface area contributed by atoms with Gasteiger partial charge in [-0.2, -0.15) is 0 Å². The summed E-state index contributed by atoms with van der Waals surface area (Å²) in [7, 11) is 0. The molecule has 1 atom stereocenters. The molecule has 0 aliphatic heterocycles. The quantitative estimate of drug-likeness (QED) is 0.596. The predicted molar refractivity (Wildman–Crippen MR) is 49.2 cm³/mol. The number of hydrogen-bond donors (Lipinski definition) is 1. The van der Waals surface area contributed by atoms with Crippen LogP contribution in [-0.4, -0.2) is 16.4 Å². The molecule has 0 aromatic rings. The molecule has 1 saturated carbocycles. The molecule has 2 nitrogen and oxygen atoms in total. The molecular weight excluding hydrogens is 241 g/mol. The van der Waals surface area contributed by atoms with Crippen molar-refractivity contribution in [1.29, 1.82) is 0 Å². The zero-order chi connectivity index (χ0) is 7.56. The van der Waals surface area contributed by atoms with Crippen LogP contribution in [0.2, 0.25) is 0 Å². The first-order valence-corrected chi connectivity index (χ1v) is 5.12. The van der Waals surface area contributed by atoms with E-state index >= 15 is 0 Å². The summed E-state index contributed by atoms with van der Waals surface area (Å²) in [6.45, 7) is 2.09. The molecule has 0 aromatic heterocycles. The third-order valence-corrected chi connectivity index (χ3v) is 2.53. The molecule has 0 saturated heterocycles. The van der Waals surface area contributed by atoms with Crippen LogP contribution in [-0.2, 0) is 4.79 Å². The standard InChI is InChI=1S/C7H12INO/c1-5(6-2-3-6)9-7(10)4-8/h5-6H,2-4H2,1H3,(H,9,10)/t5-/m1/s1. The minimum Gasteiger partial charge on any atom is -0.353 e. The lowest BCUT2D eigenvalue weighted by atomic mass is 10.2. The van der Waals surface area contributed by atoms with Crippen molar-refractivity contribution < 1.29 is 4.79 Å². The minimum atomic E-state index is 0.167. The van der Waals surface area contributed by atoms with Crippen molar-refractivity contribution >= 4 is 28.5 Å². The van der Waals surface area contributed by atoms with E-state index in [4.69, 9.17) is 0 Å². The first-order valence-electron chi connectivity index (χ1n) is 3.59. The Morgan fingerprint density at radius 1 is 1.80 bits per heavy atom. The van der Waals surface area contributed by atoms with Crippen molar-refractivity contribution in [2.45, 2.75) is 25.8 Å². The maximum Gasteiger partial charge on any atom is 0.230 e. The average Bonchev–Trinajstić information content (AvgIpc) is 2.68. The van der Waals surface area contributed by atoms with Crippen LogP contribution in [0.1, 0.15) is 19.8 Å². The van der Waals surface area contributed by atoms with E-state index in [1.165, 1.54) is 12.8 Å². The highest BCUT2D eigenvalue weighted by Crippen LogP contribution is 2.32. The number of alkyl halides is 1. The Balaban J connectivity index is 2.16.